The Kier molecular flexibility index (Phi) is 6.39. The van der Waals surface area contributed by atoms with Crippen molar-refractivity contribution in [2.75, 3.05) is 7.11 Å². The Labute approximate surface area is 153 Å². The van der Waals surface area contributed by atoms with Crippen LogP contribution in [0.15, 0.2) is 41.5 Å². The number of rotatable bonds is 6. The lowest BCUT2D eigenvalue weighted by Crippen LogP contribution is -2.31. The number of hydrogen-bond donors (Lipinski definition) is 3. The zero-order valence-electron chi connectivity index (χ0n) is 13.6. The average molecular weight is 378 g/mol. The van der Waals surface area contributed by atoms with Gasteiger partial charge in [-0.2, -0.15) is 5.10 Å². The third kappa shape index (κ3) is 5.11. The zero-order valence-corrected chi connectivity index (χ0v) is 14.4. The van der Waals surface area contributed by atoms with Gasteiger partial charge in [0.1, 0.15) is 5.82 Å². The first-order chi connectivity index (χ1) is 12.4. The van der Waals surface area contributed by atoms with E-state index in [0.29, 0.717) is 12.1 Å². The van der Waals surface area contributed by atoms with Gasteiger partial charge in [-0.15, -0.1) is 0 Å². The molecule has 0 bridgehead atoms. The Balaban J connectivity index is 1.96. The van der Waals surface area contributed by atoms with Gasteiger partial charge in [-0.25, -0.2) is 4.39 Å². The number of nitrogens with one attached hydrogen (secondary N) is 2. The second-order valence-electron chi connectivity index (χ2n) is 5.03. The number of methoxy groups -OCH3 is 1. The first-order valence-corrected chi connectivity index (χ1v) is 7.68. The second kappa shape index (κ2) is 8.72. The summed E-state index contributed by atoms with van der Waals surface area (Å²) in [6.45, 7) is 0.375. The Morgan fingerprint density at radius 2 is 2.12 bits per heavy atom. The van der Waals surface area contributed by atoms with Crippen molar-refractivity contribution in [3.63, 3.8) is 0 Å². The summed E-state index contributed by atoms with van der Waals surface area (Å²) in [5.74, 6) is -0.922. The molecule has 26 heavy (non-hydrogen) atoms. The van der Waals surface area contributed by atoms with Gasteiger partial charge in [0.15, 0.2) is 10.9 Å². The number of benzene rings is 2. The summed E-state index contributed by atoms with van der Waals surface area (Å²) in [5, 5.41) is 27.6. The van der Waals surface area contributed by atoms with E-state index in [4.69, 9.17) is 17.0 Å². The zero-order chi connectivity index (χ0) is 19.1. The third-order valence-electron chi connectivity index (χ3n) is 3.24. The molecule has 0 aliphatic carbocycles. The van der Waals surface area contributed by atoms with Crippen molar-refractivity contribution >= 4 is 29.2 Å². The third-order valence-corrected chi connectivity index (χ3v) is 3.48. The van der Waals surface area contributed by atoms with E-state index in [1.54, 1.807) is 12.1 Å². The van der Waals surface area contributed by atoms with E-state index < -0.39 is 16.4 Å². The summed E-state index contributed by atoms with van der Waals surface area (Å²) < 4.78 is 17.7. The van der Waals surface area contributed by atoms with Crippen LogP contribution in [0.25, 0.3) is 0 Å². The summed E-state index contributed by atoms with van der Waals surface area (Å²) in [4.78, 5) is 10.2. The van der Waals surface area contributed by atoms with Crippen molar-refractivity contribution in [3.05, 3.63) is 63.5 Å². The molecule has 2 aromatic rings. The number of thiocarbonyl (C=S) groups is 1. The van der Waals surface area contributed by atoms with Gasteiger partial charge in [0.2, 0.25) is 5.75 Å². The van der Waals surface area contributed by atoms with Crippen molar-refractivity contribution < 1.29 is 19.2 Å². The minimum Gasteiger partial charge on any atom is -0.500 e. The molecule has 2 aromatic carbocycles. The van der Waals surface area contributed by atoms with E-state index in [1.807, 2.05) is 0 Å². The Bertz CT molecular complexity index is 843. The van der Waals surface area contributed by atoms with Crippen molar-refractivity contribution in [2.24, 2.45) is 5.10 Å². The summed E-state index contributed by atoms with van der Waals surface area (Å²) >= 11 is 5.05. The molecule has 0 aromatic heterocycles. The van der Waals surface area contributed by atoms with Crippen molar-refractivity contribution in [1.29, 1.82) is 0 Å². The van der Waals surface area contributed by atoms with Gasteiger partial charge in [-0.05, 0) is 36.0 Å². The standard InChI is InChI=1S/C16H15FN4O4S/c1-25-14-7-11(6-13(15(14)22)21(23)24)9-19-20-16(26)18-8-10-2-4-12(17)5-3-10/h2-7,9,22H,8H2,1H3,(H2,18,20,26)/b19-9-. The topological polar surface area (TPSA) is 109 Å². The first-order valence-electron chi connectivity index (χ1n) is 7.27. The van der Waals surface area contributed by atoms with Gasteiger partial charge in [-0.1, -0.05) is 12.1 Å². The summed E-state index contributed by atoms with van der Waals surface area (Å²) in [7, 11) is 1.28. The molecule has 0 saturated heterocycles. The number of nitro groups is 1. The molecule has 0 amide bonds. The van der Waals surface area contributed by atoms with E-state index in [9.17, 15) is 19.6 Å². The maximum absolute atomic E-state index is 12.8. The maximum atomic E-state index is 12.8. The monoisotopic (exact) mass is 378 g/mol. The van der Waals surface area contributed by atoms with Gasteiger partial charge < -0.3 is 15.2 Å². The van der Waals surface area contributed by atoms with Crippen LogP contribution in [0.2, 0.25) is 0 Å². The molecule has 0 unspecified atom stereocenters. The minimum atomic E-state index is -0.725. The quantitative estimate of drug-likeness (QED) is 0.307. The molecule has 2 rings (SSSR count). The molecular formula is C16H15FN4O4S. The van der Waals surface area contributed by atoms with E-state index >= 15 is 0 Å². The highest BCUT2D eigenvalue weighted by atomic mass is 32.1. The fraction of sp³-hybridized carbons (Fsp3) is 0.125. The number of nitro benzene ring substituents is 1. The molecule has 0 atom stereocenters. The molecule has 0 aliphatic heterocycles. The lowest BCUT2D eigenvalue weighted by Gasteiger charge is -2.07. The van der Waals surface area contributed by atoms with E-state index in [2.05, 4.69) is 15.8 Å². The first kappa shape index (κ1) is 19.1. The normalized spacial score (nSPS) is 10.5. The van der Waals surface area contributed by atoms with Crippen LogP contribution in [0.1, 0.15) is 11.1 Å². The number of halogens is 1. The molecule has 0 heterocycles. The molecule has 8 nitrogen and oxygen atoms in total. The predicted octanol–water partition coefficient (Wildman–Crippen LogP) is 2.45. The van der Waals surface area contributed by atoms with Crippen LogP contribution in [0.5, 0.6) is 11.5 Å². The molecule has 0 aliphatic rings. The molecule has 0 spiro atoms. The van der Waals surface area contributed by atoms with Crippen LogP contribution >= 0.6 is 12.2 Å². The van der Waals surface area contributed by atoms with Crippen LogP contribution in [0.3, 0.4) is 0 Å². The van der Waals surface area contributed by atoms with Gasteiger partial charge in [0, 0.05) is 18.2 Å². The average Bonchev–Trinajstić information content (AvgIpc) is 2.62. The van der Waals surface area contributed by atoms with Crippen LogP contribution in [-0.2, 0) is 6.54 Å². The second-order valence-corrected chi connectivity index (χ2v) is 5.44. The lowest BCUT2D eigenvalue weighted by atomic mass is 10.2. The number of phenols is 1. The largest absolute Gasteiger partial charge is 0.500 e. The molecule has 0 radical (unpaired) electrons. The van der Waals surface area contributed by atoms with Crippen molar-refractivity contribution in [3.8, 4) is 11.5 Å². The molecular weight excluding hydrogens is 363 g/mol. The molecule has 10 heteroatoms. The van der Waals surface area contributed by atoms with Gasteiger partial charge >= 0.3 is 5.69 Å². The highest BCUT2D eigenvalue weighted by Gasteiger charge is 2.19. The van der Waals surface area contributed by atoms with Crippen molar-refractivity contribution in [1.82, 2.24) is 10.7 Å². The maximum Gasteiger partial charge on any atom is 0.315 e. The SMILES string of the molecule is COc1cc(/C=N\NC(=S)NCc2ccc(F)cc2)cc([N+](=O)[O-])c1O. The van der Waals surface area contributed by atoms with E-state index in [0.717, 1.165) is 11.6 Å². The molecule has 0 fully saturated rings. The van der Waals surface area contributed by atoms with Gasteiger partial charge in [0.05, 0.1) is 18.2 Å². The van der Waals surface area contributed by atoms with Crippen LogP contribution in [0.4, 0.5) is 10.1 Å². The number of ether oxygens (including phenoxy) is 1. The number of aromatic hydroxyl groups is 1. The van der Waals surface area contributed by atoms with Crippen LogP contribution < -0.4 is 15.5 Å². The Morgan fingerprint density at radius 3 is 2.73 bits per heavy atom. The number of nitrogens with zero attached hydrogens (tertiary/aromatic N) is 2. The van der Waals surface area contributed by atoms with E-state index in [1.165, 1.54) is 31.5 Å². The van der Waals surface area contributed by atoms with Crippen LogP contribution in [-0.4, -0.2) is 28.5 Å². The molecule has 136 valence electrons. The Morgan fingerprint density at radius 1 is 1.42 bits per heavy atom. The summed E-state index contributed by atoms with van der Waals surface area (Å²) in [6.07, 6.45) is 1.29. The minimum absolute atomic E-state index is 0.0438. The van der Waals surface area contributed by atoms with Gasteiger partial charge in [-0.3, -0.25) is 15.5 Å². The lowest BCUT2D eigenvalue weighted by molar-refractivity contribution is -0.386. The number of hydrogen-bond acceptors (Lipinski definition) is 6. The predicted molar refractivity (Wildman–Crippen MR) is 97.9 cm³/mol. The fourth-order valence-corrected chi connectivity index (χ4v) is 2.10. The van der Waals surface area contributed by atoms with Gasteiger partial charge in [0.25, 0.3) is 0 Å². The Hall–Kier alpha value is -3.27. The highest BCUT2D eigenvalue weighted by molar-refractivity contribution is 7.80. The number of hydrazone groups is 1. The fourth-order valence-electron chi connectivity index (χ4n) is 1.97. The summed E-state index contributed by atoms with van der Waals surface area (Å²) in [6, 6.07) is 8.47. The smallest absolute Gasteiger partial charge is 0.315 e. The van der Waals surface area contributed by atoms with E-state index in [-0.39, 0.29) is 16.7 Å². The van der Waals surface area contributed by atoms with Crippen molar-refractivity contribution in [2.45, 2.75) is 6.54 Å². The highest BCUT2D eigenvalue weighted by Crippen LogP contribution is 2.36. The summed E-state index contributed by atoms with van der Waals surface area (Å²) in [5.41, 5.74) is 3.22. The number of phenolic OH excluding ortho intramolecular Hbond substituents is 1. The molecule has 3 N–H and O–H groups in total. The molecule has 0 saturated carbocycles. The van der Waals surface area contributed by atoms with Crippen LogP contribution in [0, 0.1) is 15.9 Å².